The number of aryl methyl sites for hydroxylation is 1. The Bertz CT molecular complexity index is 1190. The molecular weight excluding hydrogens is 448 g/mol. The van der Waals surface area contributed by atoms with E-state index in [1.54, 1.807) is 24.3 Å². The van der Waals surface area contributed by atoms with Crippen LogP contribution in [0.5, 0.6) is 5.75 Å². The monoisotopic (exact) mass is 472 g/mol. The lowest BCUT2D eigenvalue weighted by Crippen LogP contribution is -2.23. The topological polar surface area (TPSA) is 84.5 Å². The van der Waals surface area contributed by atoms with E-state index in [4.69, 9.17) is 16.3 Å². The quantitative estimate of drug-likeness (QED) is 0.474. The third-order valence-electron chi connectivity index (χ3n) is 4.53. The number of hydrogen-bond donors (Lipinski definition) is 2. The van der Waals surface area contributed by atoms with Crippen LogP contribution in [0.3, 0.4) is 0 Å². The van der Waals surface area contributed by atoms with Crippen molar-refractivity contribution < 1.29 is 17.9 Å². The van der Waals surface area contributed by atoms with Gasteiger partial charge in [0.2, 0.25) is 0 Å². The number of halogens is 1. The molecule has 0 aliphatic heterocycles. The summed E-state index contributed by atoms with van der Waals surface area (Å²) in [6.45, 7) is 6.09. The Labute approximate surface area is 193 Å². The van der Waals surface area contributed by atoms with Crippen LogP contribution in [0, 0.1) is 6.92 Å². The van der Waals surface area contributed by atoms with Crippen LogP contribution in [-0.4, -0.2) is 20.4 Å². The van der Waals surface area contributed by atoms with Gasteiger partial charge in [0.05, 0.1) is 11.1 Å². The van der Waals surface area contributed by atoms with Crippen LogP contribution in [0.25, 0.3) is 0 Å². The zero-order valence-electron chi connectivity index (χ0n) is 18.1. The van der Waals surface area contributed by atoms with Crippen molar-refractivity contribution in [3.63, 3.8) is 0 Å². The summed E-state index contributed by atoms with van der Waals surface area (Å²) in [6.07, 6.45) is 0.0800. The first kappa shape index (κ1) is 23.6. The van der Waals surface area contributed by atoms with Crippen molar-refractivity contribution in [3.8, 4) is 5.75 Å². The zero-order valence-corrected chi connectivity index (χ0v) is 19.6. The Kier molecular flexibility index (Phi) is 7.43. The molecule has 3 aromatic carbocycles. The molecule has 0 saturated heterocycles. The zero-order chi connectivity index (χ0) is 23.3. The van der Waals surface area contributed by atoms with Gasteiger partial charge in [-0.15, -0.1) is 0 Å². The molecule has 0 unspecified atom stereocenters. The van der Waals surface area contributed by atoms with Gasteiger partial charge < -0.3 is 10.1 Å². The van der Waals surface area contributed by atoms with Crippen molar-refractivity contribution in [2.75, 3.05) is 4.72 Å². The summed E-state index contributed by atoms with van der Waals surface area (Å²) in [5.74, 6) is 0.347. The minimum Gasteiger partial charge on any atom is -0.491 e. The van der Waals surface area contributed by atoms with E-state index in [1.807, 2.05) is 45.0 Å². The Hall–Kier alpha value is -3.03. The Balaban J connectivity index is 1.71. The molecule has 1 amide bonds. The van der Waals surface area contributed by atoms with E-state index >= 15 is 0 Å². The molecule has 0 fully saturated rings. The third kappa shape index (κ3) is 6.24. The Morgan fingerprint density at radius 1 is 1.00 bits per heavy atom. The van der Waals surface area contributed by atoms with Crippen molar-refractivity contribution in [1.82, 2.24) is 5.32 Å². The number of carbonyl (C=O) groups excluding carboxylic acids is 1. The lowest BCUT2D eigenvalue weighted by molar-refractivity contribution is 0.0950. The molecule has 0 aliphatic carbocycles. The Morgan fingerprint density at radius 3 is 2.28 bits per heavy atom. The molecule has 3 aromatic rings. The largest absolute Gasteiger partial charge is 0.491 e. The van der Waals surface area contributed by atoms with E-state index in [2.05, 4.69) is 10.0 Å². The second kappa shape index (κ2) is 10.1. The van der Waals surface area contributed by atoms with Gasteiger partial charge in [0.1, 0.15) is 10.6 Å². The number of carbonyl (C=O) groups is 1. The summed E-state index contributed by atoms with van der Waals surface area (Å²) >= 11 is 6.14. The predicted molar refractivity (Wildman–Crippen MR) is 127 cm³/mol. The lowest BCUT2D eigenvalue weighted by atomic mass is 10.2. The van der Waals surface area contributed by atoms with Crippen LogP contribution in [0.2, 0.25) is 5.02 Å². The van der Waals surface area contributed by atoms with E-state index in [9.17, 15) is 13.2 Å². The number of benzene rings is 3. The highest BCUT2D eigenvalue weighted by Crippen LogP contribution is 2.25. The summed E-state index contributed by atoms with van der Waals surface area (Å²) in [7, 11) is -3.97. The second-order valence-electron chi connectivity index (χ2n) is 7.61. The summed E-state index contributed by atoms with van der Waals surface area (Å²) in [5, 5.41) is 2.82. The molecule has 3 rings (SSSR count). The maximum atomic E-state index is 12.8. The van der Waals surface area contributed by atoms with Gasteiger partial charge in [0.15, 0.2) is 0 Å². The molecule has 0 aromatic heterocycles. The van der Waals surface area contributed by atoms with Crippen molar-refractivity contribution in [2.45, 2.75) is 38.3 Å². The average Bonchev–Trinajstić information content (AvgIpc) is 2.74. The molecule has 0 spiro atoms. The van der Waals surface area contributed by atoms with E-state index in [0.717, 1.165) is 16.9 Å². The fraction of sp³-hybridized carbons (Fsp3) is 0.208. The maximum absolute atomic E-state index is 12.8. The van der Waals surface area contributed by atoms with E-state index < -0.39 is 15.9 Å². The highest BCUT2D eigenvalue weighted by molar-refractivity contribution is 7.92. The van der Waals surface area contributed by atoms with Crippen LogP contribution in [0.1, 0.15) is 35.3 Å². The Morgan fingerprint density at radius 2 is 1.66 bits per heavy atom. The highest BCUT2D eigenvalue weighted by Gasteiger charge is 2.20. The normalized spacial score (nSPS) is 11.3. The number of amides is 1. The maximum Gasteiger partial charge on any atom is 0.263 e. The van der Waals surface area contributed by atoms with E-state index in [-0.39, 0.29) is 28.1 Å². The molecule has 0 saturated carbocycles. The molecule has 6 nitrogen and oxygen atoms in total. The molecule has 0 aliphatic rings. The number of anilines is 1. The number of hydrogen-bond acceptors (Lipinski definition) is 4. The molecule has 0 atom stereocenters. The summed E-state index contributed by atoms with van der Waals surface area (Å²) in [5.41, 5.74) is 2.49. The fourth-order valence-corrected chi connectivity index (χ4v) is 4.51. The van der Waals surface area contributed by atoms with Crippen molar-refractivity contribution in [3.05, 3.63) is 88.4 Å². The van der Waals surface area contributed by atoms with Gasteiger partial charge in [-0.1, -0.05) is 41.4 Å². The predicted octanol–water partition coefficient (Wildman–Crippen LogP) is 5.17. The molecule has 0 radical (unpaired) electrons. The SMILES string of the molecule is Cc1ccc(NS(=O)(=O)c2cc(C(=O)NCc3ccc(OC(C)C)cc3)ccc2Cl)cc1. The number of rotatable bonds is 8. The van der Waals surface area contributed by atoms with Crippen LogP contribution in [-0.2, 0) is 16.6 Å². The van der Waals surface area contributed by atoms with Crippen LogP contribution in [0.4, 0.5) is 5.69 Å². The van der Waals surface area contributed by atoms with Gasteiger partial charge in [-0.3, -0.25) is 9.52 Å². The summed E-state index contributed by atoms with van der Waals surface area (Å²) in [4.78, 5) is 12.5. The van der Waals surface area contributed by atoms with E-state index in [1.165, 1.54) is 18.2 Å². The van der Waals surface area contributed by atoms with Gasteiger partial charge >= 0.3 is 0 Å². The first-order valence-corrected chi connectivity index (χ1v) is 11.9. The minimum absolute atomic E-state index is 0.0295. The standard InChI is InChI=1S/C24H25ClN2O4S/c1-16(2)31-21-11-6-18(7-12-21)15-26-24(28)19-8-13-22(25)23(14-19)32(29,30)27-20-9-4-17(3)5-10-20/h4-14,16,27H,15H2,1-3H3,(H,26,28). The van der Waals surface area contributed by atoms with Crippen LogP contribution >= 0.6 is 11.6 Å². The molecule has 0 heterocycles. The summed E-state index contributed by atoms with van der Waals surface area (Å²) in [6, 6.07) is 18.5. The number of ether oxygens (including phenoxy) is 1. The first-order chi connectivity index (χ1) is 15.1. The molecule has 2 N–H and O–H groups in total. The van der Waals surface area contributed by atoms with Crippen molar-refractivity contribution in [1.29, 1.82) is 0 Å². The van der Waals surface area contributed by atoms with Gasteiger partial charge in [-0.25, -0.2) is 8.42 Å². The summed E-state index contributed by atoms with van der Waals surface area (Å²) < 4.78 is 33.8. The molecule has 32 heavy (non-hydrogen) atoms. The molecular formula is C24H25ClN2O4S. The molecule has 8 heteroatoms. The van der Waals surface area contributed by atoms with Crippen LogP contribution in [0.15, 0.2) is 71.6 Å². The third-order valence-corrected chi connectivity index (χ3v) is 6.40. The number of sulfonamides is 1. The number of nitrogens with one attached hydrogen (secondary N) is 2. The lowest BCUT2D eigenvalue weighted by Gasteiger charge is -2.12. The smallest absolute Gasteiger partial charge is 0.263 e. The highest BCUT2D eigenvalue weighted by atomic mass is 35.5. The fourth-order valence-electron chi connectivity index (χ4n) is 2.92. The van der Waals surface area contributed by atoms with Gasteiger partial charge in [-0.05, 0) is 68.8 Å². The van der Waals surface area contributed by atoms with Crippen molar-refractivity contribution in [2.24, 2.45) is 0 Å². The average molecular weight is 473 g/mol. The molecule has 168 valence electrons. The van der Waals surface area contributed by atoms with Gasteiger partial charge in [0.25, 0.3) is 15.9 Å². The van der Waals surface area contributed by atoms with E-state index in [0.29, 0.717) is 5.69 Å². The van der Waals surface area contributed by atoms with Gasteiger partial charge in [-0.2, -0.15) is 0 Å². The first-order valence-electron chi connectivity index (χ1n) is 10.1. The molecule has 0 bridgehead atoms. The van der Waals surface area contributed by atoms with Crippen molar-refractivity contribution >= 4 is 33.2 Å². The second-order valence-corrected chi connectivity index (χ2v) is 9.67. The van der Waals surface area contributed by atoms with Gasteiger partial charge in [0, 0.05) is 17.8 Å². The minimum atomic E-state index is -3.97. The van der Waals surface area contributed by atoms with Crippen LogP contribution < -0.4 is 14.8 Å².